The Bertz CT molecular complexity index is 1330. The van der Waals surface area contributed by atoms with Crippen molar-refractivity contribution in [2.45, 2.75) is 141 Å². The minimum absolute atomic E-state index is 0.0333. The summed E-state index contributed by atoms with van der Waals surface area (Å²) in [5.41, 5.74) is -2.23. The summed E-state index contributed by atoms with van der Waals surface area (Å²) < 4.78 is 65.2. The molecule has 280 valence electrons. The van der Waals surface area contributed by atoms with Crippen molar-refractivity contribution < 1.29 is 45.6 Å². The summed E-state index contributed by atoms with van der Waals surface area (Å²) in [6.07, 6.45) is 1.52. The van der Waals surface area contributed by atoms with Crippen LogP contribution in [-0.2, 0) is 29.2 Å². The average molecular weight is 723 g/mol. The molecule has 0 bridgehead atoms. The van der Waals surface area contributed by atoms with Crippen LogP contribution < -0.4 is 21.3 Å². The highest BCUT2D eigenvalue weighted by molar-refractivity contribution is 7.89. The van der Waals surface area contributed by atoms with Gasteiger partial charge in [-0.2, -0.15) is 17.5 Å². The summed E-state index contributed by atoms with van der Waals surface area (Å²) in [5, 5.41) is 10.7. The number of nitrogens with one attached hydrogen (secondary N) is 4. The van der Waals surface area contributed by atoms with Crippen molar-refractivity contribution in [2.24, 2.45) is 5.41 Å². The Hall–Kier alpha value is -2.95. The van der Waals surface area contributed by atoms with E-state index >= 15 is 0 Å². The summed E-state index contributed by atoms with van der Waals surface area (Å²) in [6.45, 7) is 5.60. The molecule has 1 aliphatic heterocycles. The van der Waals surface area contributed by atoms with E-state index in [2.05, 4.69) is 21.3 Å². The lowest BCUT2D eigenvalue weighted by Crippen LogP contribution is -2.63. The summed E-state index contributed by atoms with van der Waals surface area (Å²) >= 11 is 0. The molecule has 13 nitrogen and oxygen atoms in total. The first-order chi connectivity index (χ1) is 22.7. The predicted molar refractivity (Wildman–Crippen MR) is 176 cm³/mol. The standard InChI is InChI=1S/C32H53F3N6O7S/c1-6-7-12-22(24(42)27(44)36-21-14-15-21)37-26(43)23-13-11-18-41(23)28(45)25(30(2,3)4)38-29(46)39-31(16-9-8-10-17-31)20-49(47,48)40(5)19-32(33,34)35/h21-23,25H,6-20H2,1-5H3,(H,36,44)(H,37,43)(H2,38,39,46)/t22-,23-,25+/m0/s1. The number of likely N-dealkylation sites (tertiary alicyclic amines) is 1. The topological polar surface area (TPSA) is 174 Å². The third-order valence-corrected chi connectivity index (χ3v) is 11.4. The first-order valence-corrected chi connectivity index (χ1v) is 18.8. The molecule has 3 rings (SSSR count). The molecule has 17 heteroatoms. The summed E-state index contributed by atoms with van der Waals surface area (Å²) in [4.78, 5) is 67.9. The summed E-state index contributed by atoms with van der Waals surface area (Å²) in [5.74, 6) is -3.36. The number of alkyl halides is 3. The van der Waals surface area contributed by atoms with Gasteiger partial charge in [0, 0.05) is 19.6 Å². The molecule has 0 unspecified atom stereocenters. The number of hydrogen-bond donors (Lipinski definition) is 4. The van der Waals surface area contributed by atoms with E-state index in [9.17, 15) is 45.6 Å². The maximum Gasteiger partial charge on any atom is 0.402 e. The second-order valence-electron chi connectivity index (χ2n) is 14.9. The Morgan fingerprint density at radius 3 is 2.14 bits per heavy atom. The molecule has 0 radical (unpaired) electrons. The van der Waals surface area contributed by atoms with Gasteiger partial charge in [-0.15, -0.1) is 0 Å². The molecule has 2 aliphatic carbocycles. The number of carbonyl (C=O) groups excluding carboxylic acids is 5. The molecule has 5 amide bonds. The zero-order chi connectivity index (χ0) is 36.8. The number of sulfonamides is 1. The fraction of sp³-hybridized carbons (Fsp3) is 0.844. The molecule has 3 atom stereocenters. The van der Waals surface area contributed by atoms with Gasteiger partial charge in [-0.1, -0.05) is 59.8 Å². The number of unbranched alkanes of at least 4 members (excludes halogenated alkanes) is 1. The third kappa shape index (κ3) is 11.8. The molecule has 3 fully saturated rings. The van der Waals surface area contributed by atoms with Gasteiger partial charge in [-0.05, 0) is 50.4 Å². The van der Waals surface area contributed by atoms with E-state index in [0.717, 1.165) is 32.7 Å². The lowest BCUT2D eigenvalue weighted by atomic mass is 9.83. The van der Waals surface area contributed by atoms with Gasteiger partial charge in [0.15, 0.2) is 0 Å². The second-order valence-corrected chi connectivity index (χ2v) is 16.9. The molecule has 1 saturated heterocycles. The van der Waals surface area contributed by atoms with Crippen LogP contribution in [0.2, 0.25) is 0 Å². The largest absolute Gasteiger partial charge is 0.402 e. The van der Waals surface area contributed by atoms with Crippen molar-refractivity contribution in [1.82, 2.24) is 30.5 Å². The molecule has 1 heterocycles. The van der Waals surface area contributed by atoms with Gasteiger partial charge in [0.2, 0.25) is 27.6 Å². The molecule has 0 spiro atoms. The molecular weight excluding hydrogens is 669 g/mol. The van der Waals surface area contributed by atoms with E-state index in [4.69, 9.17) is 0 Å². The van der Waals surface area contributed by atoms with Crippen LogP contribution in [0.25, 0.3) is 0 Å². The van der Waals surface area contributed by atoms with Gasteiger partial charge < -0.3 is 26.2 Å². The van der Waals surface area contributed by atoms with Crippen LogP contribution in [0.5, 0.6) is 0 Å². The molecule has 49 heavy (non-hydrogen) atoms. The van der Waals surface area contributed by atoms with Crippen molar-refractivity contribution in [2.75, 3.05) is 25.9 Å². The number of ketones is 1. The summed E-state index contributed by atoms with van der Waals surface area (Å²) in [7, 11) is -3.58. The SMILES string of the molecule is CCCC[C@H](NC(=O)[C@@H]1CCCN1C(=O)[C@@H](NC(=O)NC1(CS(=O)(=O)N(C)CC(F)(F)F)CCCCC1)C(C)(C)C)C(=O)C(=O)NC1CC1. The van der Waals surface area contributed by atoms with Crippen molar-refractivity contribution >= 4 is 39.6 Å². The number of amides is 5. The highest BCUT2D eigenvalue weighted by Crippen LogP contribution is 2.32. The Kier molecular flexibility index (Phi) is 13.5. The number of Topliss-reactive ketones (excluding diaryl/α,β-unsaturated/α-hetero) is 1. The van der Waals surface area contributed by atoms with E-state index in [1.165, 1.54) is 4.90 Å². The Morgan fingerprint density at radius 2 is 1.59 bits per heavy atom. The molecule has 4 N–H and O–H groups in total. The third-order valence-electron chi connectivity index (χ3n) is 9.37. The lowest BCUT2D eigenvalue weighted by molar-refractivity contribution is -0.143. The van der Waals surface area contributed by atoms with Crippen LogP contribution in [0, 0.1) is 5.41 Å². The number of carbonyl (C=O) groups is 5. The van der Waals surface area contributed by atoms with E-state index in [-0.39, 0.29) is 36.2 Å². The van der Waals surface area contributed by atoms with Gasteiger partial charge in [0.25, 0.3) is 5.91 Å². The molecule has 2 saturated carbocycles. The van der Waals surface area contributed by atoms with Gasteiger partial charge in [0.05, 0.1) is 17.3 Å². The number of rotatable bonds is 15. The van der Waals surface area contributed by atoms with Gasteiger partial charge in [0.1, 0.15) is 18.6 Å². The zero-order valence-electron chi connectivity index (χ0n) is 29.2. The average Bonchev–Trinajstić information content (AvgIpc) is 3.66. The van der Waals surface area contributed by atoms with Crippen LogP contribution in [0.15, 0.2) is 0 Å². The van der Waals surface area contributed by atoms with Gasteiger partial charge in [-0.25, -0.2) is 13.2 Å². The summed E-state index contributed by atoms with van der Waals surface area (Å²) in [6, 6.07) is -4.06. The number of urea groups is 1. The van der Waals surface area contributed by atoms with Crippen LogP contribution in [0.1, 0.15) is 105 Å². The van der Waals surface area contributed by atoms with E-state index in [1.54, 1.807) is 20.8 Å². The first-order valence-electron chi connectivity index (χ1n) is 17.2. The predicted octanol–water partition coefficient (Wildman–Crippen LogP) is 2.74. The van der Waals surface area contributed by atoms with Crippen molar-refractivity contribution in [3.63, 3.8) is 0 Å². The minimum Gasteiger partial charge on any atom is -0.347 e. The lowest BCUT2D eigenvalue weighted by Gasteiger charge is -2.40. The number of hydrogen-bond acceptors (Lipinski definition) is 7. The van der Waals surface area contributed by atoms with E-state index in [0.29, 0.717) is 32.1 Å². The molecule has 0 aromatic heterocycles. The zero-order valence-corrected chi connectivity index (χ0v) is 30.0. The maximum atomic E-state index is 14.1. The highest BCUT2D eigenvalue weighted by Gasteiger charge is 2.45. The van der Waals surface area contributed by atoms with Crippen molar-refractivity contribution in [1.29, 1.82) is 0 Å². The smallest absolute Gasteiger partial charge is 0.347 e. The fourth-order valence-electron chi connectivity index (χ4n) is 6.46. The maximum absolute atomic E-state index is 14.1. The Labute approximate surface area is 287 Å². The highest BCUT2D eigenvalue weighted by atomic mass is 32.2. The first kappa shape index (κ1) is 40.5. The molecule has 0 aromatic carbocycles. The molecule has 0 aromatic rings. The molecular formula is C32H53F3N6O7S. The Balaban J connectivity index is 1.75. The van der Waals surface area contributed by atoms with Crippen LogP contribution in [0.3, 0.4) is 0 Å². The van der Waals surface area contributed by atoms with Crippen LogP contribution in [-0.4, -0.2) is 109 Å². The molecule has 3 aliphatic rings. The van der Waals surface area contributed by atoms with Gasteiger partial charge >= 0.3 is 12.2 Å². The number of nitrogens with zero attached hydrogens (tertiary/aromatic N) is 2. The fourth-order valence-corrected chi connectivity index (χ4v) is 8.08. The van der Waals surface area contributed by atoms with Gasteiger partial charge in [-0.3, -0.25) is 19.2 Å². The number of halogens is 3. The van der Waals surface area contributed by atoms with Crippen LogP contribution >= 0.6 is 0 Å². The van der Waals surface area contributed by atoms with Crippen molar-refractivity contribution in [3.8, 4) is 0 Å². The van der Waals surface area contributed by atoms with E-state index < -0.39 is 87.1 Å². The minimum atomic E-state index is -4.74. The Morgan fingerprint density at radius 1 is 0.959 bits per heavy atom. The second kappa shape index (κ2) is 16.4. The van der Waals surface area contributed by atoms with Crippen molar-refractivity contribution in [3.05, 3.63) is 0 Å². The van der Waals surface area contributed by atoms with E-state index in [1.807, 2.05) is 6.92 Å². The quantitative estimate of drug-likeness (QED) is 0.188. The van der Waals surface area contributed by atoms with Crippen LogP contribution in [0.4, 0.5) is 18.0 Å². The normalized spacial score (nSPS) is 21.1. The monoisotopic (exact) mass is 722 g/mol.